The molecule has 1 fully saturated rings. The number of rotatable bonds is 8. The Bertz CT molecular complexity index is 176. The predicted octanol–water partition coefficient (Wildman–Crippen LogP) is 1.79. The topological polar surface area (TPSA) is 18.5 Å². The first kappa shape index (κ1) is 14.9. The molecule has 1 aliphatic heterocycles. The second kappa shape index (κ2) is 8.90. The lowest BCUT2D eigenvalue weighted by Gasteiger charge is -2.38. The Balaban J connectivity index is 2.10. The normalized spacial score (nSPS) is 20.6. The zero-order chi connectivity index (χ0) is 12.5. The van der Waals surface area contributed by atoms with Crippen LogP contribution in [0.15, 0.2) is 0 Å². The van der Waals surface area contributed by atoms with Crippen molar-refractivity contribution in [1.82, 2.24) is 15.1 Å². The van der Waals surface area contributed by atoms with Gasteiger partial charge in [0.15, 0.2) is 0 Å². The van der Waals surface area contributed by atoms with Crippen molar-refractivity contribution in [2.45, 2.75) is 46.1 Å². The molecule has 1 atom stereocenters. The minimum atomic E-state index is 0.739. The summed E-state index contributed by atoms with van der Waals surface area (Å²) in [6, 6.07) is 0.739. The SMILES string of the molecule is CCCNCCC(C)N1CCN(CCC)CC1. The Kier molecular flexibility index (Phi) is 7.82. The van der Waals surface area contributed by atoms with E-state index in [0.717, 1.165) is 12.6 Å². The van der Waals surface area contributed by atoms with Crippen LogP contribution < -0.4 is 5.32 Å². The fourth-order valence-corrected chi connectivity index (χ4v) is 2.54. The summed E-state index contributed by atoms with van der Waals surface area (Å²) in [4.78, 5) is 5.25. The van der Waals surface area contributed by atoms with E-state index in [1.807, 2.05) is 0 Å². The van der Waals surface area contributed by atoms with Crippen molar-refractivity contribution in [2.24, 2.45) is 0 Å². The van der Waals surface area contributed by atoms with Gasteiger partial charge in [0.1, 0.15) is 0 Å². The largest absolute Gasteiger partial charge is 0.317 e. The van der Waals surface area contributed by atoms with E-state index < -0.39 is 0 Å². The third-order valence-electron chi connectivity index (χ3n) is 3.74. The molecule has 1 saturated heterocycles. The Hall–Kier alpha value is -0.120. The van der Waals surface area contributed by atoms with Crippen LogP contribution in [0, 0.1) is 0 Å². The molecule has 1 unspecified atom stereocenters. The van der Waals surface area contributed by atoms with Gasteiger partial charge in [-0.25, -0.2) is 0 Å². The first-order valence-corrected chi connectivity index (χ1v) is 7.45. The molecule has 0 amide bonds. The molecule has 0 aromatic heterocycles. The quantitative estimate of drug-likeness (QED) is 0.654. The van der Waals surface area contributed by atoms with Gasteiger partial charge in [0.05, 0.1) is 0 Å². The highest BCUT2D eigenvalue weighted by Gasteiger charge is 2.19. The lowest BCUT2D eigenvalue weighted by atomic mass is 10.1. The number of nitrogens with one attached hydrogen (secondary N) is 1. The van der Waals surface area contributed by atoms with Gasteiger partial charge in [-0.05, 0) is 45.8 Å². The fraction of sp³-hybridized carbons (Fsp3) is 1.00. The van der Waals surface area contributed by atoms with Crippen molar-refractivity contribution in [1.29, 1.82) is 0 Å². The summed E-state index contributed by atoms with van der Waals surface area (Å²) < 4.78 is 0. The molecule has 0 spiro atoms. The molecule has 1 heterocycles. The van der Waals surface area contributed by atoms with Crippen molar-refractivity contribution in [2.75, 3.05) is 45.8 Å². The molecule has 0 bridgehead atoms. The zero-order valence-corrected chi connectivity index (χ0v) is 12.0. The number of hydrogen-bond acceptors (Lipinski definition) is 3. The third kappa shape index (κ3) is 5.84. The molecule has 0 aromatic rings. The molecule has 0 saturated carbocycles. The maximum absolute atomic E-state index is 3.50. The summed E-state index contributed by atoms with van der Waals surface area (Å²) >= 11 is 0. The lowest BCUT2D eigenvalue weighted by molar-refractivity contribution is 0.0989. The summed E-state index contributed by atoms with van der Waals surface area (Å²) in [5, 5.41) is 3.50. The highest BCUT2D eigenvalue weighted by atomic mass is 15.3. The van der Waals surface area contributed by atoms with Crippen LogP contribution in [-0.4, -0.2) is 61.7 Å². The van der Waals surface area contributed by atoms with E-state index in [4.69, 9.17) is 0 Å². The molecule has 102 valence electrons. The van der Waals surface area contributed by atoms with E-state index in [1.54, 1.807) is 0 Å². The van der Waals surface area contributed by atoms with Crippen molar-refractivity contribution >= 4 is 0 Å². The molecule has 17 heavy (non-hydrogen) atoms. The molecule has 3 heteroatoms. The van der Waals surface area contributed by atoms with Gasteiger partial charge in [0.25, 0.3) is 0 Å². The molecule has 1 N–H and O–H groups in total. The van der Waals surface area contributed by atoms with Crippen molar-refractivity contribution in [3.8, 4) is 0 Å². The summed E-state index contributed by atoms with van der Waals surface area (Å²) in [5.74, 6) is 0. The average molecular weight is 241 g/mol. The average Bonchev–Trinajstić information content (AvgIpc) is 2.36. The maximum Gasteiger partial charge on any atom is 0.0113 e. The molecule has 1 rings (SSSR count). The highest BCUT2D eigenvalue weighted by molar-refractivity contribution is 4.76. The molecule has 0 radical (unpaired) electrons. The first-order chi connectivity index (χ1) is 8.27. The highest BCUT2D eigenvalue weighted by Crippen LogP contribution is 2.08. The van der Waals surface area contributed by atoms with Gasteiger partial charge in [-0.3, -0.25) is 4.90 Å². The first-order valence-electron chi connectivity index (χ1n) is 7.45. The van der Waals surface area contributed by atoms with E-state index in [-0.39, 0.29) is 0 Å². The van der Waals surface area contributed by atoms with Gasteiger partial charge in [0.2, 0.25) is 0 Å². The van der Waals surface area contributed by atoms with Crippen molar-refractivity contribution < 1.29 is 0 Å². The minimum Gasteiger partial charge on any atom is -0.317 e. The molecule has 1 aliphatic rings. The van der Waals surface area contributed by atoms with Crippen molar-refractivity contribution in [3.05, 3.63) is 0 Å². The summed E-state index contributed by atoms with van der Waals surface area (Å²) in [7, 11) is 0. The molecule has 0 aromatic carbocycles. The van der Waals surface area contributed by atoms with E-state index >= 15 is 0 Å². The predicted molar refractivity (Wildman–Crippen MR) is 75.5 cm³/mol. The van der Waals surface area contributed by atoms with Crippen LogP contribution in [0.4, 0.5) is 0 Å². The van der Waals surface area contributed by atoms with Crippen LogP contribution in [0.3, 0.4) is 0 Å². The second-order valence-electron chi connectivity index (χ2n) is 5.27. The van der Waals surface area contributed by atoms with Gasteiger partial charge in [-0.1, -0.05) is 13.8 Å². The van der Waals surface area contributed by atoms with Crippen LogP contribution in [0.5, 0.6) is 0 Å². The number of nitrogens with zero attached hydrogens (tertiary/aromatic N) is 2. The van der Waals surface area contributed by atoms with E-state index in [2.05, 4.69) is 35.9 Å². The van der Waals surface area contributed by atoms with Crippen LogP contribution in [0.1, 0.15) is 40.0 Å². The summed E-state index contributed by atoms with van der Waals surface area (Å²) in [6.45, 7) is 15.5. The molecule has 0 aliphatic carbocycles. The molecular formula is C14H31N3. The molecular weight excluding hydrogens is 210 g/mol. The van der Waals surface area contributed by atoms with Crippen LogP contribution >= 0.6 is 0 Å². The summed E-state index contributed by atoms with van der Waals surface area (Å²) in [5.41, 5.74) is 0. The maximum atomic E-state index is 3.50. The standard InChI is InChI=1S/C14H31N3/c1-4-7-15-8-6-14(3)17-12-10-16(9-5-2)11-13-17/h14-15H,4-13H2,1-3H3. The lowest BCUT2D eigenvalue weighted by Crippen LogP contribution is -2.50. The number of piperazine rings is 1. The van der Waals surface area contributed by atoms with Gasteiger partial charge < -0.3 is 10.2 Å². The van der Waals surface area contributed by atoms with E-state index in [1.165, 1.54) is 58.5 Å². The van der Waals surface area contributed by atoms with Crippen molar-refractivity contribution in [3.63, 3.8) is 0 Å². The van der Waals surface area contributed by atoms with Gasteiger partial charge in [-0.15, -0.1) is 0 Å². The molecule has 3 nitrogen and oxygen atoms in total. The Morgan fingerprint density at radius 2 is 1.71 bits per heavy atom. The smallest absolute Gasteiger partial charge is 0.0113 e. The van der Waals surface area contributed by atoms with E-state index in [0.29, 0.717) is 0 Å². The van der Waals surface area contributed by atoms with Gasteiger partial charge in [-0.2, -0.15) is 0 Å². The third-order valence-corrected chi connectivity index (χ3v) is 3.74. The Morgan fingerprint density at radius 3 is 2.29 bits per heavy atom. The van der Waals surface area contributed by atoms with Gasteiger partial charge >= 0.3 is 0 Å². The van der Waals surface area contributed by atoms with Crippen LogP contribution in [0.25, 0.3) is 0 Å². The van der Waals surface area contributed by atoms with Gasteiger partial charge in [0, 0.05) is 32.2 Å². The number of hydrogen-bond donors (Lipinski definition) is 1. The van der Waals surface area contributed by atoms with E-state index in [9.17, 15) is 0 Å². The Labute approximate surface area is 108 Å². The van der Waals surface area contributed by atoms with Crippen LogP contribution in [0.2, 0.25) is 0 Å². The minimum absolute atomic E-state index is 0.739. The Morgan fingerprint density at radius 1 is 1.00 bits per heavy atom. The summed E-state index contributed by atoms with van der Waals surface area (Å²) in [6.07, 6.45) is 3.81. The monoisotopic (exact) mass is 241 g/mol. The second-order valence-corrected chi connectivity index (χ2v) is 5.27. The zero-order valence-electron chi connectivity index (χ0n) is 12.0. The van der Waals surface area contributed by atoms with Crippen LogP contribution in [-0.2, 0) is 0 Å². The fourth-order valence-electron chi connectivity index (χ4n) is 2.54.